The van der Waals surface area contributed by atoms with E-state index in [9.17, 15) is 4.79 Å². The van der Waals surface area contributed by atoms with Crippen LogP contribution in [0.1, 0.15) is 6.42 Å². The Morgan fingerprint density at radius 2 is 1.89 bits per heavy atom. The quantitative estimate of drug-likeness (QED) is 0.714. The first-order valence-corrected chi connectivity index (χ1v) is 6.27. The summed E-state index contributed by atoms with van der Waals surface area (Å²) in [6.45, 7) is 0.999. The van der Waals surface area contributed by atoms with Gasteiger partial charge in [0.2, 0.25) is 5.91 Å². The number of alkyl halides is 1. The molecule has 0 fully saturated rings. The number of likely N-dealkylation sites (N-methyl/N-ethyl adjacent to an activating group) is 1. The molecular weight excluding hydrogens is 254 g/mol. The number of hydrogen-bond donors (Lipinski definition) is 0. The number of rotatable bonds is 7. The standard InChI is InChI=1S/C13H18ClNO3/c1-15(13(16)7-8-14)9-10-18-12-5-3-11(17-2)4-6-12/h3-6H,7-10H2,1-2H3. The summed E-state index contributed by atoms with van der Waals surface area (Å²) in [6.07, 6.45) is 0.362. The summed E-state index contributed by atoms with van der Waals surface area (Å²) in [7, 11) is 3.36. The molecule has 100 valence electrons. The molecule has 0 bridgehead atoms. The van der Waals surface area contributed by atoms with Gasteiger partial charge in [-0.2, -0.15) is 0 Å². The van der Waals surface area contributed by atoms with E-state index in [4.69, 9.17) is 21.1 Å². The van der Waals surface area contributed by atoms with Crippen LogP contribution in [0.4, 0.5) is 0 Å². The maximum Gasteiger partial charge on any atom is 0.223 e. The number of methoxy groups -OCH3 is 1. The van der Waals surface area contributed by atoms with Crippen LogP contribution in [0.3, 0.4) is 0 Å². The van der Waals surface area contributed by atoms with Crippen molar-refractivity contribution >= 4 is 17.5 Å². The van der Waals surface area contributed by atoms with Gasteiger partial charge in [0.15, 0.2) is 0 Å². The lowest BCUT2D eigenvalue weighted by atomic mass is 10.3. The second-order valence-electron chi connectivity index (χ2n) is 3.78. The van der Waals surface area contributed by atoms with E-state index < -0.39 is 0 Å². The average Bonchev–Trinajstić information content (AvgIpc) is 2.39. The number of hydrogen-bond acceptors (Lipinski definition) is 3. The van der Waals surface area contributed by atoms with E-state index in [-0.39, 0.29) is 5.91 Å². The van der Waals surface area contributed by atoms with Crippen LogP contribution in [-0.4, -0.2) is 44.0 Å². The van der Waals surface area contributed by atoms with Crippen LogP contribution in [0.2, 0.25) is 0 Å². The lowest BCUT2D eigenvalue weighted by Crippen LogP contribution is -2.30. The average molecular weight is 272 g/mol. The van der Waals surface area contributed by atoms with E-state index in [1.165, 1.54) is 0 Å². The molecule has 0 aliphatic heterocycles. The van der Waals surface area contributed by atoms with Gasteiger partial charge in [0.25, 0.3) is 0 Å². The Bertz CT molecular complexity index is 367. The molecule has 5 heteroatoms. The van der Waals surface area contributed by atoms with Crippen LogP contribution in [0.5, 0.6) is 11.5 Å². The van der Waals surface area contributed by atoms with E-state index >= 15 is 0 Å². The fraction of sp³-hybridized carbons (Fsp3) is 0.462. The van der Waals surface area contributed by atoms with Crippen molar-refractivity contribution in [2.75, 3.05) is 33.2 Å². The minimum atomic E-state index is 0.0309. The first-order chi connectivity index (χ1) is 8.67. The molecule has 18 heavy (non-hydrogen) atoms. The molecule has 1 amide bonds. The van der Waals surface area contributed by atoms with Gasteiger partial charge in [0.1, 0.15) is 18.1 Å². The summed E-state index contributed by atoms with van der Waals surface area (Å²) < 4.78 is 10.6. The van der Waals surface area contributed by atoms with Gasteiger partial charge < -0.3 is 14.4 Å². The molecule has 0 aliphatic carbocycles. The van der Waals surface area contributed by atoms with Crippen molar-refractivity contribution in [2.45, 2.75) is 6.42 Å². The number of ether oxygens (including phenoxy) is 2. The SMILES string of the molecule is COc1ccc(OCCN(C)C(=O)CCCl)cc1. The van der Waals surface area contributed by atoms with Gasteiger partial charge in [-0.05, 0) is 24.3 Å². The molecule has 1 aromatic rings. The van der Waals surface area contributed by atoms with Crippen molar-refractivity contribution in [3.05, 3.63) is 24.3 Å². The second kappa shape index (κ2) is 7.82. The molecule has 0 spiro atoms. The Balaban J connectivity index is 2.30. The normalized spacial score (nSPS) is 9.94. The Morgan fingerprint density at radius 3 is 2.44 bits per heavy atom. The Kier molecular flexibility index (Phi) is 6.36. The summed E-state index contributed by atoms with van der Waals surface area (Å²) in [5.41, 5.74) is 0. The van der Waals surface area contributed by atoms with Gasteiger partial charge in [0, 0.05) is 19.3 Å². The first-order valence-electron chi connectivity index (χ1n) is 5.74. The van der Waals surface area contributed by atoms with Crippen LogP contribution in [0, 0.1) is 0 Å². The van der Waals surface area contributed by atoms with Gasteiger partial charge in [-0.15, -0.1) is 11.6 Å². The highest BCUT2D eigenvalue weighted by Crippen LogP contribution is 2.16. The summed E-state index contributed by atoms with van der Waals surface area (Å²) in [4.78, 5) is 13.1. The zero-order chi connectivity index (χ0) is 13.4. The zero-order valence-electron chi connectivity index (χ0n) is 10.7. The Hall–Kier alpha value is -1.42. The molecular formula is C13H18ClNO3. The molecule has 0 aromatic heterocycles. The third kappa shape index (κ3) is 4.84. The first kappa shape index (κ1) is 14.6. The number of nitrogens with zero attached hydrogens (tertiary/aromatic N) is 1. The Labute approximate surface area is 112 Å². The molecule has 4 nitrogen and oxygen atoms in total. The van der Waals surface area contributed by atoms with Crippen LogP contribution in [0.15, 0.2) is 24.3 Å². The van der Waals surface area contributed by atoms with Crippen molar-refractivity contribution < 1.29 is 14.3 Å². The predicted octanol–water partition coefficient (Wildman–Crippen LogP) is 2.16. The summed E-state index contributed by atoms with van der Waals surface area (Å²) in [6, 6.07) is 7.33. The van der Waals surface area contributed by atoms with Crippen LogP contribution < -0.4 is 9.47 Å². The van der Waals surface area contributed by atoms with Crippen molar-refractivity contribution in [3.63, 3.8) is 0 Å². The fourth-order valence-corrected chi connectivity index (χ4v) is 1.53. The van der Waals surface area contributed by atoms with Crippen molar-refractivity contribution in [1.29, 1.82) is 0 Å². The smallest absolute Gasteiger partial charge is 0.223 e. The monoisotopic (exact) mass is 271 g/mol. The number of carbonyl (C=O) groups excluding carboxylic acids is 1. The van der Waals surface area contributed by atoms with Gasteiger partial charge in [-0.25, -0.2) is 0 Å². The molecule has 0 radical (unpaired) electrons. The highest BCUT2D eigenvalue weighted by molar-refractivity contribution is 6.18. The zero-order valence-corrected chi connectivity index (χ0v) is 11.4. The molecule has 0 saturated heterocycles. The molecule has 0 unspecified atom stereocenters. The van der Waals surface area contributed by atoms with E-state index in [0.717, 1.165) is 11.5 Å². The van der Waals surface area contributed by atoms with Gasteiger partial charge in [-0.1, -0.05) is 0 Å². The maximum atomic E-state index is 11.4. The molecule has 0 N–H and O–H groups in total. The van der Waals surface area contributed by atoms with Crippen molar-refractivity contribution in [2.24, 2.45) is 0 Å². The summed E-state index contributed by atoms with van der Waals surface area (Å²) in [5.74, 6) is 1.93. The number of halogens is 1. The van der Waals surface area contributed by atoms with Crippen LogP contribution >= 0.6 is 11.6 Å². The highest BCUT2D eigenvalue weighted by Gasteiger charge is 2.07. The molecule has 0 heterocycles. The largest absolute Gasteiger partial charge is 0.497 e. The van der Waals surface area contributed by atoms with E-state index in [2.05, 4.69) is 0 Å². The topological polar surface area (TPSA) is 38.8 Å². The second-order valence-corrected chi connectivity index (χ2v) is 4.16. The Morgan fingerprint density at radius 1 is 1.28 bits per heavy atom. The van der Waals surface area contributed by atoms with Crippen molar-refractivity contribution in [3.8, 4) is 11.5 Å². The van der Waals surface area contributed by atoms with Crippen LogP contribution in [-0.2, 0) is 4.79 Å². The van der Waals surface area contributed by atoms with E-state index in [1.54, 1.807) is 19.1 Å². The molecule has 1 aromatic carbocycles. The highest BCUT2D eigenvalue weighted by atomic mass is 35.5. The lowest BCUT2D eigenvalue weighted by molar-refractivity contribution is -0.129. The molecule has 0 aliphatic rings. The molecule has 0 atom stereocenters. The van der Waals surface area contributed by atoms with E-state index in [0.29, 0.717) is 25.5 Å². The number of carbonyl (C=O) groups is 1. The molecule has 0 saturated carbocycles. The number of benzene rings is 1. The predicted molar refractivity (Wildman–Crippen MR) is 71.5 cm³/mol. The summed E-state index contributed by atoms with van der Waals surface area (Å²) >= 11 is 5.51. The van der Waals surface area contributed by atoms with Gasteiger partial charge >= 0.3 is 0 Å². The lowest BCUT2D eigenvalue weighted by Gasteiger charge is -2.16. The van der Waals surface area contributed by atoms with Crippen molar-refractivity contribution in [1.82, 2.24) is 4.90 Å². The van der Waals surface area contributed by atoms with E-state index in [1.807, 2.05) is 24.3 Å². The minimum Gasteiger partial charge on any atom is -0.497 e. The summed E-state index contributed by atoms with van der Waals surface area (Å²) in [5, 5.41) is 0. The third-order valence-electron chi connectivity index (χ3n) is 2.49. The fourth-order valence-electron chi connectivity index (χ4n) is 1.37. The third-order valence-corrected chi connectivity index (χ3v) is 2.68. The maximum absolute atomic E-state index is 11.4. The van der Waals surface area contributed by atoms with Gasteiger partial charge in [-0.3, -0.25) is 4.79 Å². The minimum absolute atomic E-state index is 0.0309. The number of amides is 1. The van der Waals surface area contributed by atoms with Crippen LogP contribution in [0.25, 0.3) is 0 Å². The molecule has 1 rings (SSSR count). The van der Waals surface area contributed by atoms with Gasteiger partial charge in [0.05, 0.1) is 13.7 Å².